The standard InChI is InChI=1S/C17H13NO2S/c1-11(19)18-13-8-6-12(7-9-13)17(20)15-10-21-16-5-3-2-4-14(15)16/h2-10H,1H3,(H,18,19). The van der Waals surface area contributed by atoms with Gasteiger partial charge in [0.1, 0.15) is 0 Å². The fourth-order valence-corrected chi connectivity index (χ4v) is 3.16. The topological polar surface area (TPSA) is 46.2 Å². The van der Waals surface area contributed by atoms with Crippen molar-refractivity contribution >= 4 is 38.8 Å². The van der Waals surface area contributed by atoms with Crippen LogP contribution in [-0.2, 0) is 4.79 Å². The zero-order valence-corrected chi connectivity index (χ0v) is 12.2. The number of hydrogen-bond donors (Lipinski definition) is 1. The van der Waals surface area contributed by atoms with Gasteiger partial charge in [-0.05, 0) is 30.3 Å². The van der Waals surface area contributed by atoms with Crippen LogP contribution in [-0.4, -0.2) is 11.7 Å². The van der Waals surface area contributed by atoms with E-state index in [2.05, 4.69) is 5.32 Å². The zero-order chi connectivity index (χ0) is 14.8. The highest BCUT2D eigenvalue weighted by Gasteiger charge is 2.14. The highest BCUT2D eigenvalue weighted by Crippen LogP contribution is 2.27. The highest BCUT2D eigenvalue weighted by atomic mass is 32.1. The van der Waals surface area contributed by atoms with Gasteiger partial charge in [0.05, 0.1) is 0 Å². The lowest BCUT2D eigenvalue weighted by molar-refractivity contribution is -0.114. The number of carbonyl (C=O) groups excluding carboxylic acids is 2. The van der Waals surface area contributed by atoms with Crippen LogP contribution in [0.3, 0.4) is 0 Å². The Balaban J connectivity index is 1.93. The second-order valence-electron chi connectivity index (χ2n) is 4.73. The fourth-order valence-electron chi connectivity index (χ4n) is 2.22. The number of thiophene rings is 1. The maximum Gasteiger partial charge on any atom is 0.221 e. The molecule has 4 heteroatoms. The summed E-state index contributed by atoms with van der Waals surface area (Å²) in [6.45, 7) is 1.45. The molecule has 1 amide bonds. The SMILES string of the molecule is CC(=O)Nc1ccc(C(=O)c2csc3ccccc23)cc1. The van der Waals surface area contributed by atoms with Crippen LogP contribution in [0.1, 0.15) is 22.8 Å². The number of carbonyl (C=O) groups is 2. The van der Waals surface area contributed by atoms with Gasteiger partial charge in [0.25, 0.3) is 0 Å². The van der Waals surface area contributed by atoms with Crippen molar-refractivity contribution < 1.29 is 9.59 Å². The van der Waals surface area contributed by atoms with E-state index in [4.69, 9.17) is 0 Å². The predicted molar refractivity (Wildman–Crippen MR) is 86.0 cm³/mol. The first kappa shape index (κ1) is 13.5. The number of rotatable bonds is 3. The molecule has 0 spiro atoms. The number of anilines is 1. The molecule has 0 saturated carbocycles. The molecule has 0 radical (unpaired) electrons. The van der Waals surface area contributed by atoms with Crippen LogP contribution in [0.5, 0.6) is 0 Å². The summed E-state index contributed by atoms with van der Waals surface area (Å²) in [4.78, 5) is 23.6. The minimum Gasteiger partial charge on any atom is -0.326 e. The zero-order valence-electron chi connectivity index (χ0n) is 11.4. The van der Waals surface area contributed by atoms with Crippen molar-refractivity contribution in [2.75, 3.05) is 5.32 Å². The van der Waals surface area contributed by atoms with Gasteiger partial charge in [-0.1, -0.05) is 18.2 Å². The van der Waals surface area contributed by atoms with Crippen LogP contribution >= 0.6 is 11.3 Å². The first-order valence-electron chi connectivity index (χ1n) is 6.54. The van der Waals surface area contributed by atoms with Crippen molar-refractivity contribution in [2.24, 2.45) is 0 Å². The molecule has 3 rings (SSSR count). The van der Waals surface area contributed by atoms with Crippen LogP contribution in [0, 0.1) is 0 Å². The molecule has 0 bridgehead atoms. The van der Waals surface area contributed by atoms with Crippen molar-refractivity contribution in [1.82, 2.24) is 0 Å². The Morgan fingerprint density at radius 1 is 1.00 bits per heavy atom. The lowest BCUT2D eigenvalue weighted by Gasteiger charge is -2.04. The average Bonchev–Trinajstić information content (AvgIpc) is 2.90. The summed E-state index contributed by atoms with van der Waals surface area (Å²) in [6.07, 6.45) is 0. The normalized spacial score (nSPS) is 10.5. The second-order valence-corrected chi connectivity index (χ2v) is 5.64. The van der Waals surface area contributed by atoms with Gasteiger partial charge >= 0.3 is 0 Å². The van der Waals surface area contributed by atoms with Crippen LogP contribution < -0.4 is 5.32 Å². The average molecular weight is 295 g/mol. The van der Waals surface area contributed by atoms with E-state index in [1.165, 1.54) is 6.92 Å². The van der Waals surface area contributed by atoms with Gasteiger partial charge < -0.3 is 5.32 Å². The Morgan fingerprint density at radius 2 is 1.71 bits per heavy atom. The summed E-state index contributed by atoms with van der Waals surface area (Å²) in [5.74, 6) is -0.125. The van der Waals surface area contributed by atoms with Crippen molar-refractivity contribution in [2.45, 2.75) is 6.92 Å². The van der Waals surface area contributed by atoms with Gasteiger partial charge in [0.2, 0.25) is 5.91 Å². The van der Waals surface area contributed by atoms with E-state index in [1.807, 2.05) is 29.6 Å². The molecule has 0 aliphatic rings. The molecule has 3 aromatic rings. The monoisotopic (exact) mass is 295 g/mol. The number of fused-ring (bicyclic) bond motifs is 1. The summed E-state index contributed by atoms with van der Waals surface area (Å²) in [5, 5.41) is 5.57. The number of benzene rings is 2. The lowest BCUT2D eigenvalue weighted by atomic mass is 10.0. The van der Waals surface area contributed by atoms with Crippen LogP contribution in [0.15, 0.2) is 53.9 Å². The lowest BCUT2D eigenvalue weighted by Crippen LogP contribution is -2.06. The number of nitrogens with one attached hydrogen (secondary N) is 1. The number of hydrogen-bond acceptors (Lipinski definition) is 3. The maximum atomic E-state index is 12.6. The molecule has 3 nitrogen and oxygen atoms in total. The van der Waals surface area contributed by atoms with Crippen molar-refractivity contribution in [1.29, 1.82) is 0 Å². The smallest absolute Gasteiger partial charge is 0.221 e. The first-order chi connectivity index (χ1) is 10.1. The summed E-state index contributed by atoms with van der Waals surface area (Å²) < 4.78 is 1.11. The molecule has 0 aliphatic carbocycles. The van der Waals surface area contributed by atoms with Gasteiger partial charge in [0, 0.05) is 39.2 Å². The van der Waals surface area contributed by atoms with Crippen molar-refractivity contribution in [3.05, 3.63) is 65.0 Å². The molecule has 2 aromatic carbocycles. The molecule has 0 aliphatic heterocycles. The van der Waals surface area contributed by atoms with Gasteiger partial charge in [-0.2, -0.15) is 0 Å². The van der Waals surface area contributed by atoms with Crippen LogP contribution in [0.4, 0.5) is 5.69 Å². The fraction of sp³-hybridized carbons (Fsp3) is 0.0588. The third-order valence-corrected chi connectivity index (χ3v) is 4.16. The van der Waals surface area contributed by atoms with Crippen molar-refractivity contribution in [3.8, 4) is 0 Å². The van der Waals surface area contributed by atoms with E-state index >= 15 is 0 Å². The number of ketones is 1. The predicted octanol–water partition coefficient (Wildman–Crippen LogP) is 4.09. The van der Waals surface area contributed by atoms with Crippen LogP contribution in [0.25, 0.3) is 10.1 Å². The molecule has 0 atom stereocenters. The molecule has 1 heterocycles. The molecule has 1 aromatic heterocycles. The minimum absolute atomic E-state index is 0.00169. The molecule has 0 fully saturated rings. The van der Waals surface area contributed by atoms with Gasteiger partial charge in [-0.15, -0.1) is 11.3 Å². The Bertz CT molecular complexity index is 818. The number of amides is 1. The summed E-state index contributed by atoms with van der Waals surface area (Å²) in [7, 11) is 0. The third kappa shape index (κ3) is 2.71. The summed E-state index contributed by atoms with van der Waals surface area (Å²) >= 11 is 1.57. The highest BCUT2D eigenvalue weighted by molar-refractivity contribution is 7.17. The van der Waals surface area contributed by atoms with Crippen molar-refractivity contribution in [3.63, 3.8) is 0 Å². The van der Waals surface area contributed by atoms with E-state index in [9.17, 15) is 9.59 Å². The third-order valence-electron chi connectivity index (χ3n) is 3.19. The molecule has 0 unspecified atom stereocenters. The minimum atomic E-state index is -0.127. The van der Waals surface area contributed by atoms with E-state index < -0.39 is 0 Å². The molecular weight excluding hydrogens is 282 g/mol. The van der Waals surface area contributed by atoms with E-state index in [-0.39, 0.29) is 11.7 Å². The largest absolute Gasteiger partial charge is 0.326 e. The van der Waals surface area contributed by atoms with E-state index in [0.29, 0.717) is 11.3 Å². The van der Waals surface area contributed by atoms with Gasteiger partial charge in [0.15, 0.2) is 5.78 Å². The molecule has 21 heavy (non-hydrogen) atoms. The maximum absolute atomic E-state index is 12.6. The summed E-state index contributed by atoms with van der Waals surface area (Å²) in [5.41, 5.74) is 2.03. The van der Waals surface area contributed by atoms with E-state index in [0.717, 1.165) is 15.6 Å². The summed E-state index contributed by atoms with van der Waals surface area (Å²) in [6, 6.07) is 14.8. The van der Waals surface area contributed by atoms with E-state index in [1.54, 1.807) is 35.6 Å². The molecule has 0 saturated heterocycles. The molecular formula is C17H13NO2S. The Labute approximate surface area is 126 Å². The van der Waals surface area contributed by atoms with Gasteiger partial charge in [-0.3, -0.25) is 9.59 Å². The molecule has 1 N–H and O–H groups in total. The molecule has 104 valence electrons. The van der Waals surface area contributed by atoms with Gasteiger partial charge in [-0.25, -0.2) is 0 Å². The Kier molecular flexibility index (Phi) is 3.54. The second kappa shape index (κ2) is 5.50. The Morgan fingerprint density at radius 3 is 2.43 bits per heavy atom. The van der Waals surface area contributed by atoms with Crippen LogP contribution in [0.2, 0.25) is 0 Å². The quantitative estimate of drug-likeness (QED) is 0.740. The Hall–Kier alpha value is -2.46. The first-order valence-corrected chi connectivity index (χ1v) is 7.42.